The Labute approximate surface area is 122 Å². The highest BCUT2D eigenvalue weighted by Gasteiger charge is 2.43. The van der Waals surface area contributed by atoms with Crippen molar-refractivity contribution < 1.29 is 14.3 Å². The molecule has 1 N–H and O–H groups in total. The van der Waals surface area contributed by atoms with Crippen LogP contribution in [0.2, 0.25) is 0 Å². The Morgan fingerprint density at radius 2 is 2.10 bits per heavy atom. The van der Waals surface area contributed by atoms with E-state index in [1.165, 1.54) is 7.11 Å². The van der Waals surface area contributed by atoms with E-state index < -0.39 is 11.9 Å². The molecule has 1 aromatic heterocycles. The number of nitrogens with zero attached hydrogens (tertiary/aromatic N) is 1. The van der Waals surface area contributed by atoms with E-state index in [9.17, 15) is 9.59 Å². The largest absolute Gasteiger partial charge is 0.468 e. The Bertz CT molecular complexity index is 732. The SMILES string of the molecule is COC(=O)C1C(=O)NCC1c1c(C)n(C)c2ccccc12. The number of rotatable bonds is 2. The summed E-state index contributed by atoms with van der Waals surface area (Å²) in [5.41, 5.74) is 3.24. The van der Waals surface area contributed by atoms with Crippen molar-refractivity contribution in [2.75, 3.05) is 13.7 Å². The fraction of sp³-hybridized carbons (Fsp3) is 0.375. The van der Waals surface area contributed by atoms with Crippen molar-refractivity contribution in [1.29, 1.82) is 0 Å². The van der Waals surface area contributed by atoms with E-state index in [4.69, 9.17) is 4.74 Å². The summed E-state index contributed by atoms with van der Waals surface area (Å²) in [5.74, 6) is -1.67. The number of carbonyl (C=O) groups excluding carboxylic acids is 2. The summed E-state index contributed by atoms with van der Waals surface area (Å²) in [6, 6.07) is 8.04. The Morgan fingerprint density at radius 1 is 1.38 bits per heavy atom. The highest BCUT2D eigenvalue weighted by Crippen LogP contribution is 2.37. The van der Waals surface area contributed by atoms with E-state index >= 15 is 0 Å². The number of carbonyl (C=O) groups is 2. The van der Waals surface area contributed by atoms with Crippen molar-refractivity contribution in [1.82, 2.24) is 9.88 Å². The van der Waals surface area contributed by atoms with Gasteiger partial charge < -0.3 is 14.6 Å². The molecule has 2 atom stereocenters. The smallest absolute Gasteiger partial charge is 0.318 e. The van der Waals surface area contributed by atoms with Gasteiger partial charge in [0.1, 0.15) is 5.92 Å². The Morgan fingerprint density at radius 3 is 2.81 bits per heavy atom. The van der Waals surface area contributed by atoms with Gasteiger partial charge in [0.25, 0.3) is 0 Å². The van der Waals surface area contributed by atoms with Gasteiger partial charge in [-0.3, -0.25) is 9.59 Å². The van der Waals surface area contributed by atoms with Crippen molar-refractivity contribution in [2.24, 2.45) is 13.0 Å². The van der Waals surface area contributed by atoms with E-state index in [0.29, 0.717) is 6.54 Å². The number of aromatic nitrogens is 1. The summed E-state index contributed by atoms with van der Waals surface area (Å²) < 4.78 is 6.91. The third-order valence-corrected chi connectivity index (χ3v) is 4.46. The number of esters is 1. The molecule has 1 amide bonds. The fourth-order valence-corrected chi connectivity index (χ4v) is 3.31. The highest BCUT2D eigenvalue weighted by atomic mass is 16.5. The van der Waals surface area contributed by atoms with Gasteiger partial charge in [0, 0.05) is 36.1 Å². The lowest BCUT2D eigenvalue weighted by Gasteiger charge is -2.15. The minimum Gasteiger partial charge on any atom is -0.468 e. The van der Waals surface area contributed by atoms with Gasteiger partial charge >= 0.3 is 5.97 Å². The summed E-state index contributed by atoms with van der Waals surface area (Å²) in [6.07, 6.45) is 0. The van der Waals surface area contributed by atoms with E-state index in [2.05, 4.69) is 9.88 Å². The molecule has 1 aliphatic heterocycles. The number of nitrogens with one attached hydrogen (secondary N) is 1. The molecule has 1 aromatic carbocycles. The highest BCUT2D eigenvalue weighted by molar-refractivity contribution is 6.01. The molecule has 3 rings (SSSR count). The second-order valence-corrected chi connectivity index (χ2v) is 5.43. The van der Waals surface area contributed by atoms with Crippen molar-refractivity contribution >= 4 is 22.8 Å². The van der Waals surface area contributed by atoms with Gasteiger partial charge in [0.05, 0.1) is 7.11 Å². The van der Waals surface area contributed by atoms with Crippen LogP contribution >= 0.6 is 0 Å². The number of benzene rings is 1. The van der Waals surface area contributed by atoms with Crippen LogP contribution < -0.4 is 5.32 Å². The number of amides is 1. The average molecular weight is 286 g/mol. The van der Waals surface area contributed by atoms with Gasteiger partial charge in [0.2, 0.25) is 5.91 Å². The number of methoxy groups -OCH3 is 1. The van der Waals surface area contributed by atoms with Crippen LogP contribution in [0.4, 0.5) is 0 Å². The summed E-state index contributed by atoms with van der Waals surface area (Å²) in [7, 11) is 3.32. The lowest BCUT2D eigenvalue weighted by atomic mass is 9.87. The predicted molar refractivity (Wildman–Crippen MR) is 78.9 cm³/mol. The molecule has 0 aliphatic carbocycles. The first-order chi connectivity index (χ1) is 10.1. The van der Waals surface area contributed by atoms with Gasteiger partial charge in [-0.15, -0.1) is 0 Å². The Hall–Kier alpha value is -2.30. The molecule has 21 heavy (non-hydrogen) atoms. The monoisotopic (exact) mass is 286 g/mol. The molecule has 1 aliphatic rings. The van der Waals surface area contributed by atoms with Crippen LogP contribution in [0.15, 0.2) is 24.3 Å². The third kappa shape index (κ3) is 1.92. The maximum Gasteiger partial charge on any atom is 0.318 e. The zero-order valence-electron chi connectivity index (χ0n) is 12.3. The van der Waals surface area contributed by atoms with Gasteiger partial charge in [-0.05, 0) is 18.6 Å². The van der Waals surface area contributed by atoms with Gasteiger partial charge in [-0.1, -0.05) is 18.2 Å². The first kappa shape index (κ1) is 13.7. The van der Waals surface area contributed by atoms with E-state index in [-0.39, 0.29) is 11.8 Å². The summed E-state index contributed by atoms with van der Waals surface area (Å²) >= 11 is 0. The van der Waals surface area contributed by atoms with Crippen LogP contribution in [0.1, 0.15) is 17.2 Å². The van der Waals surface area contributed by atoms with E-state index in [0.717, 1.165) is 22.2 Å². The normalized spacial score (nSPS) is 21.6. The molecule has 5 nitrogen and oxygen atoms in total. The molecule has 0 bridgehead atoms. The molecule has 5 heteroatoms. The molecular formula is C16H18N2O3. The molecule has 110 valence electrons. The summed E-state index contributed by atoms with van der Waals surface area (Å²) in [4.78, 5) is 24.0. The zero-order chi connectivity index (χ0) is 15.1. The van der Waals surface area contributed by atoms with Crippen LogP contribution in [-0.4, -0.2) is 30.1 Å². The predicted octanol–water partition coefficient (Wildman–Crippen LogP) is 1.49. The van der Waals surface area contributed by atoms with Gasteiger partial charge in [-0.25, -0.2) is 0 Å². The number of para-hydroxylation sites is 1. The minimum atomic E-state index is -0.764. The first-order valence-electron chi connectivity index (χ1n) is 6.95. The molecule has 2 aromatic rings. The summed E-state index contributed by atoms with van der Waals surface area (Å²) in [6.45, 7) is 2.49. The second-order valence-electron chi connectivity index (χ2n) is 5.43. The molecule has 2 heterocycles. The molecule has 0 saturated carbocycles. The second kappa shape index (κ2) is 4.91. The van der Waals surface area contributed by atoms with Gasteiger partial charge in [-0.2, -0.15) is 0 Å². The van der Waals surface area contributed by atoms with Crippen LogP contribution in [0.5, 0.6) is 0 Å². The molecule has 0 spiro atoms. The molecule has 0 radical (unpaired) electrons. The molecular weight excluding hydrogens is 268 g/mol. The standard InChI is InChI=1S/C16H18N2O3/c1-9-13(10-6-4-5-7-12(10)18(9)2)11-8-17-15(19)14(11)16(20)21-3/h4-7,11,14H,8H2,1-3H3,(H,17,19). The van der Waals surface area contributed by atoms with Crippen LogP contribution in [-0.2, 0) is 21.4 Å². The third-order valence-electron chi connectivity index (χ3n) is 4.46. The topological polar surface area (TPSA) is 60.3 Å². The molecule has 1 fully saturated rings. The Kier molecular flexibility index (Phi) is 3.20. The van der Waals surface area contributed by atoms with Gasteiger partial charge in [0.15, 0.2) is 0 Å². The van der Waals surface area contributed by atoms with Crippen LogP contribution in [0, 0.1) is 12.8 Å². The lowest BCUT2D eigenvalue weighted by molar-refractivity contribution is -0.149. The maximum absolute atomic E-state index is 12.0. The van der Waals surface area contributed by atoms with Crippen LogP contribution in [0.25, 0.3) is 10.9 Å². The molecule has 2 unspecified atom stereocenters. The number of ether oxygens (including phenoxy) is 1. The summed E-state index contributed by atoms with van der Waals surface area (Å²) in [5, 5.41) is 3.88. The average Bonchev–Trinajstić information content (AvgIpc) is 2.98. The number of hydrogen-bond acceptors (Lipinski definition) is 3. The van der Waals surface area contributed by atoms with Crippen molar-refractivity contribution in [2.45, 2.75) is 12.8 Å². The zero-order valence-corrected chi connectivity index (χ0v) is 12.3. The maximum atomic E-state index is 12.0. The fourth-order valence-electron chi connectivity index (χ4n) is 3.31. The van der Waals surface area contributed by atoms with E-state index in [1.54, 1.807) is 0 Å². The van der Waals surface area contributed by atoms with Crippen molar-refractivity contribution in [3.05, 3.63) is 35.5 Å². The number of hydrogen-bond donors (Lipinski definition) is 1. The quantitative estimate of drug-likeness (QED) is 0.672. The lowest BCUT2D eigenvalue weighted by Crippen LogP contribution is -2.28. The molecule has 1 saturated heterocycles. The number of fused-ring (bicyclic) bond motifs is 1. The van der Waals surface area contributed by atoms with Crippen LogP contribution in [0.3, 0.4) is 0 Å². The van der Waals surface area contributed by atoms with Crippen molar-refractivity contribution in [3.8, 4) is 0 Å². The number of aryl methyl sites for hydroxylation is 1. The minimum absolute atomic E-state index is 0.184. The first-order valence-corrected chi connectivity index (χ1v) is 6.95. The Balaban J connectivity index is 2.18. The van der Waals surface area contributed by atoms with E-state index in [1.807, 2.05) is 38.2 Å². The van der Waals surface area contributed by atoms with Crippen molar-refractivity contribution in [3.63, 3.8) is 0 Å².